The molecule has 0 amide bonds. The van der Waals surface area contributed by atoms with Crippen LogP contribution in [0.5, 0.6) is 5.75 Å². The maximum Gasteiger partial charge on any atom is 0.380 e. The topological polar surface area (TPSA) is 178 Å². The Kier molecular flexibility index (Phi) is 3.35. The summed E-state index contributed by atoms with van der Waals surface area (Å²) >= 11 is 0. The largest absolute Gasteiger partial charge is 0.380 e. The summed E-state index contributed by atoms with van der Waals surface area (Å²) in [6.45, 7) is 0. The van der Waals surface area contributed by atoms with Gasteiger partial charge >= 0.3 is 21.4 Å². The van der Waals surface area contributed by atoms with Crippen molar-refractivity contribution in [3.8, 4) is 5.75 Å². The summed E-state index contributed by atoms with van der Waals surface area (Å²) in [5.41, 5.74) is -2.38. The van der Waals surface area contributed by atoms with Gasteiger partial charge in [0.1, 0.15) is 5.39 Å². The Bertz CT molecular complexity index is 1230. The second-order valence-corrected chi connectivity index (χ2v) is 5.89. The summed E-state index contributed by atoms with van der Waals surface area (Å²) in [6, 6.07) is 4.92. The van der Waals surface area contributed by atoms with Crippen LogP contribution in [0.2, 0.25) is 0 Å². The molecular formula is C12H8N4O7S. The molecule has 2 aromatic carbocycles. The quantitative estimate of drug-likeness (QED) is 0.254. The lowest BCUT2D eigenvalue weighted by atomic mass is 10.1. The molecule has 0 aliphatic heterocycles. The average Bonchev–Trinajstić information content (AvgIpc) is 2.46. The zero-order chi connectivity index (χ0) is 17.6. The lowest BCUT2D eigenvalue weighted by molar-refractivity contribution is -0.383. The normalized spacial score (nSPS) is 11.7. The number of nitrogens with zero attached hydrogens (tertiary/aromatic N) is 1. The third-order valence-electron chi connectivity index (χ3n) is 3.20. The van der Waals surface area contributed by atoms with Crippen molar-refractivity contribution in [2.45, 2.75) is 0 Å². The summed E-state index contributed by atoms with van der Waals surface area (Å²) in [7, 11) is -4.43. The van der Waals surface area contributed by atoms with E-state index in [4.69, 9.17) is 5.14 Å². The van der Waals surface area contributed by atoms with Gasteiger partial charge in [-0.3, -0.25) is 19.7 Å². The van der Waals surface area contributed by atoms with Crippen LogP contribution in [0.15, 0.2) is 33.9 Å². The van der Waals surface area contributed by atoms with E-state index in [0.717, 1.165) is 6.07 Å². The lowest BCUT2D eigenvalue weighted by Crippen LogP contribution is -2.29. The fraction of sp³-hybridized carbons (Fsp3) is 0. The van der Waals surface area contributed by atoms with Crippen molar-refractivity contribution in [1.29, 1.82) is 0 Å². The first-order valence-electron chi connectivity index (χ1n) is 6.26. The maximum atomic E-state index is 11.5. The molecule has 1 aromatic heterocycles. The van der Waals surface area contributed by atoms with E-state index in [-0.39, 0.29) is 27.6 Å². The molecule has 0 saturated carbocycles. The van der Waals surface area contributed by atoms with Crippen LogP contribution in [0.1, 0.15) is 0 Å². The number of benzene rings is 2. The number of non-ortho nitro benzene ring substituents is 1. The smallest absolute Gasteiger partial charge is 0.370 e. The number of hydrogen-bond acceptors (Lipinski definition) is 7. The average molecular weight is 352 g/mol. The highest BCUT2D eigenvalue weighted by atomic mass is 32.2. The molecule has 4 N–H and O–H groups in total. The van der Waals surface area contributed by atoms with E-state index < -0.39 is 32.0 Å². The molecule has 3 aromatic rings. The fourth-order valence-corrected chi connectivity index (χ4v) is 2.74. The van der Waals surface area contributed by atoms with E-state index >= 15 is 0 Å². The maximum absolute atomic E-state index is 11.5. The van der Waals surface area contributed by atoms with E-state index in [1.807, 2.05) is 0 Å². The highest BCUT2D eigenvalue weighted by Gasteiger charge is 2.22. The van der Waals surface area contributed by atoms with Gasteiger partial charge in [-0.2, -0.15) is 13.6 Å². The van der Waals surface area contributed by atoms with Gasteiger partial charge in [-0.15, -0.1) is 0 Å². The Balaban J connectivity index is 2.57. The first-order valence-corrected chi connectivity index (χ1v) is 7.73. The first-order chi connectivity index (χ1) is 11.2. The third-order valence-corrected chi connectivity index (χ3v) is 3.61. The highest BCUT2D eigenvalue weighted by molar-refractivity contribution is 7.84. The minimum absolute atomic E-state index is 0.00607. The van der Waals surface area contributed by atoms with Crippen LogP contribution >= 0.6 is 0 Å². The predicted octanol–water partition coefficient (Wildman–Crippen LogP) is -0.140. The summed E-state index contributed by atoms with van der Waals surface area (Å²) < 4.78 is 26.9. The predicted molar refractivity (Wildman–Crippen MR) is 83.1 cm³/mol. The molecule has 0 spiro atoms. The van der Waals surface area contributed by atoms with E-state index in [2.05, 4.69) is 14.2 Å². The summed E-state index contributed by atoms with van der Waals surface area (Å²) in [4.78, 5) is 38.0. The Labute approximate surface area is 132 Å². The molecule has 0 radical (unpaired) electrons. The second kappa shape index (κ2) is 5.14. The molecule has 0 aliphatic carbocycles. The van der Waals surface area contributed by atoms with Crippen molar-refractivity contribution in [2.24, 2.45) is 5.14 Å². The van der Waals surface area contributed by atoms with Crippen molar-refractivity contribution in [1.82, 2.24) is 9.97 Å². The third kappa shape index (κ3) is 2.59. The number of nitrogens with two attached hydrogens (primary N) is 1. The van der Waals surface area contributed by atoms with Crippen molar-refractivity contribution >= 4 is 37.8 Å². The van der Waals surface area contributed by atoms with E-state index in [1.165, 1.54) is 18.2 Å². The summed E-state index contributed by atoms with van der Waals surface area (Å²) in [5, 5.41) is 16.1. The number of aromatic amines is 2. The van der Waals surface area contributed by atoms with Crippen LogP contribution in [-0.2, 0) is 10.3 Å². The number of fused-ring (bicyclic) bond motifs is 3. The van der Waals surface area contributed by atoms with Crippen molar-refractivity contribution in [2.75, 3.05) is 0 Å². The van der Waals surface area contributed by atoms with Crippen LogP contribution < -0.4 is 20.4 Å². The molecule has 0 bridgehead atoms. The Hall–Kier alpha value is -3.25. The number of nitro groups is 1. The van der Waals surface area contributed by atoms with Gasteiger partial charge in [0.05, 0.1) is 16.0 Å². The zero-order valence-electron chi connectivity index (χ0n) is 11.6. The van der Waals surface area contributed by atoms with Crippen LogP contribution in [0, 0.1) is 10.1 Å². The van der Waals surface area contributed by atoms with Crippen molar-refractivity contribution < 1.29 is 17.5 Å². The van der Waals surface area contributed by atoms with Gasteiger partial charge in [-0.1, -0.05) is 12.1 Å². The van der Waals surface area contributed by atoms with E-state index in [0.29, 0.717) is 0 Å². The number of nitro benzene ring substituents is 1. The van der Waals surface area contributed by atoms with E-state index in [1.54, 1.807) is 0 Å². The molecule has 0 unspecified atom stereocenters. The van der Waals surface area contributed by atoms with Gasteiger partial charge < -0.3 is 14.2 Å². The number of aromatic nitrogens is 2. The number of H-pyrrole nitrogens is 2. The van der Waals surface area contributed by atoms with Gasteiger partial charge in [-0.25, -0.2) is 0 Å². The Morgan fingerprint density at radius 1 is 1.17 bits per heavy atom. The second-order valence-electron chi connectivity index (χ2n) is 4.74. The van der Waals surface area contributed by atoms with E-state index in [9.17, 15) is 28.1 Å². The molecule has 24 heavy (non-hydrogen) atoms. The zero-order valence-corrected chi connectivity index (χ0v) is 12.4. The van der Waals surface area contributed by atoms with Gasteiger partial charge in [-0.05, 0) is 6.07 Å². The first kappa shape index (κ1) is 15.6. The molecule has 0 aliphatic rings. The fourth-order valence-electron chi connectivity index (χ4n) is 2.35. The van der Waals surface area contributed by atoms with Gasteiger partial charge in [0.2, 0.25) is 0 Å². The highest BCUT2D eigenvalue weighted by Crippen LogP contribution is 2.37. The molecular weight excluding hydrogens is 344 g/mol. The Morgan fingerprint density at radius 3 is 2.46 bits per heavy atom. The molecule has 0 saturated heterocycles. The lowest BCUT2D eigenvalue weighted by Gasteiger charge is -2.09. The molecule has 1 heterocycles. The minimum Gasteiger partial charge on any atom is -0.370 e. The van der Waals surface area contributed by atoms with Crippen LogP contribution in [0.3, 0.4) is 0 Å². The molecule has 11 nitrogen and oxygen atoms in total. The molecule has 124 valence electrons. The monoisotopic (exact) mass is 352 g/mol. The molecule has 3 rings (SSSR count). The van der Waals surface area contributed by atoms with Gasteiger partial charge in [0.15, 0.2) is 5.75 Å². The van der Waals surface area contributed by atoms with Crippen LogP contribution in [-0.4, -0.2) is 23.3 Å². The van der Waals surface area contributed by atoms with Crippen molar-refractivity contribution in [3.63, 3.8) is 0 Å². The Morgan fingerprint density at radius 2 is 1.83 bits per heavy atom. The molecule has 0 fully saturated rings. The minimum atomic E-state index is -4.43. The SMILES string of the molecule is NS(=O)(=O)Oc1cccc2c1c([N+](=O)[O-])cc1[nH]c(=O)c(=O)[nH]c12. The summed E-state index contributed by atoms with van der Waals surface area (Å²) in [5.74, 6) is -0.379. The number of hydrogen-bond donors (Lipinski definition) is 3. The van der Waals surface area contributed by atoms with Crippen LogP contribution in [0.4, 0.5) is 5.69 Å². The summed E-state index contributed by atoms with van der Waals surface area (Å²) in [6.07, 6.45) is 0. The van der Waals surface area contributed by atoms with Crippen molar-refractivity contribution in [3.05, 3.63) is 55.1 Å². The molecule has 0 atom stereocenters. The number of nitrogens with one attached hydrogen (secondary N) is 2. The van der Waals surface area contributed by atoms with Crippen LogP contribution in [0.25, 0.3) is 21.8 Å². The van der Waals surface area contributed by atoms with Gasteiger partial charge in [0, 0.05) is 11.5 Å². The number of rotatable bonds is 3. The molecule has 12 heteroatoms. The van der Waals surface area contributed by atoms with Gasteiger partial charge in [0.25, 0.3) is 5.69 Å². The standard InChI is InChI=1S/C12H8N4O7S/c13-24(21,22)23-8-3-1-2-5-9(8)7(16(19)20)4-6-10(5)15-12(18)11(17)14-6/h1-4H,(H,14,17)(H,15,18)(H2,13,21,22).